The van der Waals surface area contributed by atoms with Gasteiger partial charge in [0.2, 0.25) is 5.13 Å². The van der Waals surface area contributed by atoms with E-state index in [4.69, 9.17) is 16.3 Å². The molecule has 0 unspecified atom stereocenters. The Balaban J connectivity index is 1.93. The molecule has 0 atom stereocenters. The van der Waals surface area contributed by atoms with Crippen LogP contribution in [-0.4, -0.2) is 41.0 Å². The number of rotatable bonds is 6. The highest BCUT2D eigenvalue weighted by molar-refractivity contribution is 7.17. The first-order valence-electron chi connectivity index (χ1n) is 8.42. The minimum absolute atomic E-state index is 0.0435. The zero-order valence-corrected chi connectivity index (χ0v) is 17.5. The molecule has 0 aliphatic rings. The molecule has 0 aliphatic carbocycles. The van der Waals surface area contributed by atoms with Crippen LogP contribution in [0.2, 0.25) is 5.02 Å². The largest absolute Gasteiger partial charge is 0.496 e. The fraction of sp³-hybridized carbons (Fsp3) is 0.222. The Morgan fingerprint density at radius 3 is 2.71 bits per heavy atom. The first-order valence-corrected chi connectivity index (χ1v) is 9.62. The van der Waals surface area contributed by atoms with Crippen molar-refractivity contribution in [1.82, 2.24) is 15.2 Å². The summed E-state index contributed by atoms with van der Waals surface area (Å²) < 4.78 is 61.3. The quantitative estimate of drug-likeness (QED) is 0.509. The molecule has 13 heteroatoms. The fourth-order valence-corrected chi connectivity index (χ4v) is 3.28. The molecular formula is C18H13ClF4N4O3S. The summed E-state index contributed by atoms with van der Waals surface area (Å²) in [6.07, 6.45) is -3.32. The maximum Gasteiger partial charge on any atom is 0.422 e. The molecule has 164 valence electrons. The number of nitrogens with one attached hydrogen (secondary N) is 1. The Morgan fingerprint density at radius 1 is 1.29 bits per heavy atom. The molecule has 0 radical (unpaired) electrons. The van der Waals surface area contributed by atoms with Crippen molar-refractivity contribution in [1.29, 1.82) is 0 Å². The van der Waals surface area contributed by atoms with Crippen molar-refractivity contribution in [3.05, 3.63) is 46.5 Å². The number of alkyl halides is 3. The summed E-state index contributed by atoms with van der Waals surface area (Å²) in [6, 6.07) is 4.24. The van der Waals surface area contributed by atoms with Crippen LogP contribution in [0.1, 0.15) is 16.1 Å². The summed E-state index contributed by atoms with van der Waals surface area (Å²) >= 11 is 6.50. The van der Waals surface area contributed by atoms with Crippen molar-refractivity contribution in [2.45, 2.75) is 13.1 Å². The van der Waals surface area contributed by atoms with Gasteiger partial charge in [0.1, 0.15) is 5.75 Å². The Kier molecular flexibility index (Phi) is 6.60. The van der Waals surface area contributed by atoms with Crippen LogP contribution in [-0.2, 0) is 0 Å². The SMILES string of the molecule is COc1ccc(Cl)c(F)c1-c1cc(C)ncc1C(=O)Nc1nnc(OCC(F)(F)F)s1. The van der Waals surface area contributed by atoms with Crippen LogP contribution >= 0.6 is 22.9 Å². The lowest BCUT2D eigenvalue weighted by molar-refractivity contribution is -0.153. The number of amides is 1. The Labute approximate surface area is 182 Å². The van der Waals surface area contributed by atoms with E-state index in [0.717, 1.165) is 0 Å². The molecular weight excluding hydrogens is 464 g/mol. The van der Waals surface area contributed by atoms with Gasteiger partial charge in [-0.1, -0.05) is 16.7 Å². The van der Waals surface area contributed by atoms with Crippen LogP contribution in [0.4, 0.5) is 22.7 Å². The van der Waals surface area contributed by atoms with Gasteiger partial charge in [-0.2, -0.15) is 13.2 Å². The van der Waals surface area contributed by atoms with Crippen molar-refractivity contribution in [3.63, 3.8) is 0 Å². The number of anilines is 1. The van der Waals surface area contributed by atoms with Crippen LogP contribution in [0.3, 0.4) is 0 Å². The molecule has 2 heterocycles. The normalized spacial score (nSPS) is 11.3. The molecule has 1 amide bonds. The van der Waals surface area contributed by atoms with Gasteiger partial charge in [-0.25, -0.2) is 4.39 Å². The number of halogens is 5. The third-order valence-corrected chi connectivity index (χ3v) is 4.86. The predicted molar refractivity (Wildman–Crippen MR) is 105 cm³/mol. The van der Waals surface area contributed by atoms with Crippen molar-refractivity contribution in [2.24, 2.45) is 0 Å². The highest BCUT2D eigenvalue weighted by Gasteiger charge is 2.29. The molecule has 0 bridgehead atoms. The van der Waals surface area contributed by atoms with Gasteiger partial charge in [0.05, 0.1) is 23.3 Å². The van der Waals surface area contributed by atoms with Crippen LogP contribution in [0.5, 0.6) is 10.9 Å². The van der Waals surface area contributed by atoms with E-state index in [9.17, 15) is 22.4 Å². The first kappa shape index (κ1) is 22.7. The monoisotopic (exact) mass is 476 g/mol. The predicted octanol–water partition coefficient (Wildman–Crippen LogP) is 4.90. The molecule has 1 aromatic carbocycles. The molecule has 0 aliphatic heterocycles. The van der Waals surface area contributed by atoms with E-state index in [-0.39, 0.29) is 37.8 Å². The summed E-state index contributed by atoms with van der Waals surface area (Å²) in [5, 5.41) is 8.72. The number of hydrogen-bond donors (Lipinski definition) is 1. The molecule has 7 nitrogen and oxygen atoms in total. The number of benzene rings is 1. The maximum absolute atomic E-state index is 14.8. The Bertz CT molecular complexity index is 1120. The van der Waals surface area contributed by atoms with E-state index in [2.05, 4.69) is 25.2 Å². The van der Waals surface area contributed by atoms with Crippen molar-refractivity contribution in [3.8, 4) is 22.1 Å². The van der Waals surface area contributed by atoms with Gasteiger partial charge in [-0.05, 0) is 36.5 Å². The molecule has 31 heavy (non-hydrogen) atoms. The second-order valence-corrected chi connectivity index (χ2v) is 7.39. The van der Waals surface area contributed by atoms with Crippen molar-refractivity contribution < 1.29 is 31.8 Å². The summed E-state index contributed by atoms with van der Waals surface area (Å²) in [7, 11) is 1.34. The zero-order valence-electron chi connectivity index (χ0n) is 15.9. The number of methoxy groups -OCH3 is 1. The summed E-state index contributed by atoms with van der Waals surface area (Å²) in [5.74, 6) is -1.40. The summed E-state index contributed by atoms with van der Waals surface area (Å²) in [5.41, 5.74) is 0.557. The number of carbonyl (C=O) groups is 1. The first-order chi connectivity index (χ1) is 14.6. The van der Waals surface area contributed by atoms with Crippen molar-refractivity contribution in [2.75, 3.05) is 19.0 Å². The van der Waals surface area contributed by atoms with Gasteiger partial charge in [0, 0.05) is 17.5 Å². The lowest BCUT2D eigenvalue weighted by Crippen LogP contribution is -2.19. The van der Waals surface area contributed by atoms with Crippen LogP contribution in [0.25, 0.3) is 11.1 Å². The summed E-state index contributed by atoms with van der Waals surface area (Å²) in [4.78, 5) is 16.9. The number of nitrogens with zero attached hydrogens (tertiary/aromatic N) is 3. The lowest BCUT2D eigenvalue weighted by Gasteiger charge is -2.14. The van der Waals surface area contributed by atoms with Gasteiger partial charge in [0.25, 0.3) is 11.1 Å². The minimum atomic E-state index is -4.54. The molecule has 0 fully saturated rings. The molecule has 0 spiro atoms. The average molecular weight is 477 g/mol. The Hall–Kier alpha value is -2.99. The minimum Gasteiger partial charge on any atom is -0.496 e. The van der Waals surface area contributed by atoms with Crippen molar-refractivity contribution >= 4 is 34.0 Å². The van der Waals surface area contributed by atoms with Gasteiger partial charge >= 0.3 is 6.18 Å². The number of aromatic nitrogens is 3. The molecule has 2 aromatic heterocycles. The molecule has 3 rings (SSSR count). The van der Waals surface area contributed by atoms with Gasteiger partial charge in [-0.15, -0.1) is 5.10 Å². The van der Waals surface area contributed by atoms with E-state index in [1.807, 2.05) is 0 Å². The van der Waals surface area contributed by atoms with E-state index in [0.29, 0.717) is 17.0 Å². The maximum atomic E-state index is 14.8. The van der Waals surface area contributed by atoms with E-state index in [1.54, 1.807) is 6.92 Å². The second-order valence-electron chi connectivity index (χ2n) is 6.04. The number of carbonyl (C=O) groups excluding carboxylic acids is 1. The van der Waals surface area contributed by atoms with E-state index < -0.39 is 24.5 Å². The standard InChI is InChI=1S/C18H13ClF4N4O3S/c1-8-5-9(13-12(29-2)4-3-11(19)14(13)20)10(6-24-8)15(28)25-16-26-27-17(31-16)30-7-18(21,22)23/h3-6H,7H2,1-2H3,(H,25,26,28). The van der Waals surface area contributed by atoms with Gasteiger partial charge in [0.15, 0.2) is 12.4 Å². The average Bonchev–Trinajstić information content (AvgIpc) is 3.15. The highest BCUT2D eigenvalue weighted by Crippen LogP contribution is 2.38. The fourth-order valence-electron chi connectivity index (χ4n) is 2.53. The van der Waals surface area contributed by atoms with Crippen LogP contribution < -0.4 is 14.8 Å². The van der Waals surface area contributed by atoms with Crippen LogP contribution in [0.15, 0.2) is 24.4 Å². The number of hydrogen-bond acceptors (Lipinski definition) is 7. The molecule has 0 saturated carbocycles. The molecule has 1 N–H and O–H groups in total. The van der Waals surface area contributed by atoms with E-state index in [1.165, 1.54) is 31.5 Å². The lowest BCUT2D eigenvalue weighted by atomic mass is 9.98. The zero-order chi connectivity index (χ0) is 22.8. The number of ether oxygens (including phenoxy) is 2. The van der Waals surface area contributed by atoms with E-state index >= 15 is 0 Å². The smallest absolute Gasteiger partial charge is 0.422 e. The number of pyridine rings is 1. The third kappa shape index (κ3) is 5.39. The highest BCUT2D eigenvalue weighted by atomic mass is 35.5. The third-order valence-electron chi connectivity index (χ3n) is 3.82. The summed E-state index contributed by atoms with van der Waals surface area (Å²) in [6.45, 7) is 0.102. The molecule has 0 saturated heterocycles. The van der Waals surface area contributed by atoms with Gasteiger partial charge < -0.3 is 9.47 Å². The Morgan fingerprint density at radius 2 is 2.03 bits per heavy atom. The van der Waals surface area contributed by atoms with Gasteiger partial charge in [-0.3, -0.25) is 15.1 Å². The van der Waals surface area contributed by atoms with Crippen LogP contribution in [0, 0.1) is 12.7 Å². The second kappa shape index (κ2) is 9.02. The topological polar surface area (TPSA) is 86.2 Å². The molecule has 3 aromatic rings. The number of aryl methyl sites for hydroxylation is 1.